The number of fused-ring (bicyclic) bond motifs is 1. The van der Waals surface area contributed by atoms with E-state index in [2.05, 4.69) is 22.0 Å². The van der Waals surface area contributed by atoms with Crippen molar-refractivity contribution in [3.05, 3.63) is 36.2 Å². The van der Waals surface area contributed by atoms with Crippen LogP contribution in [0.1, 0.15) is 25.6 Å². The highest BCUT2D eigenvalue weighted by atomic mass is 16.5. The van der Waals surface area contributed by atoms with Gasteiger partial charge >= 0.3 is 0 Å². The van der Waals surface area contributed by atoms with Crippen molar-refractivity contribution in [2.75, 3.05) is 13.1 Å². The maximum atomic E-state index is 5.36. The van der Waals surface area contributed by atoms with Crippen LogP contribution in [0.4, 0.5) is 0 Å². The van der Waals surface area contributed by atoms with E-state index in [0.29, 0.717) is 11.3 Å². The standard InChI is InChI=1S/C16H19N3O/c1-2-16-8-13(16)9-19(11-16)10-14-17-15(20-18-14)12-6-4-3-5-7-12/h3-7,13H,2,8-11H2,1H3. The van der Waals surface area contributed by atoms with Crippen LogP contribution >= 0.6 is 0 Å². The van der Waals surface area contributed by atoms with Crippen molar-refractivity contribution in [2.45, 2.75) is 26.3 Å². The normalized spacial score (nSPS) is 28.6. The van der Waals surface area contributed by atoms with Crippen LogP contribution in [0, 0.1) is 11.3 Å². The summed E-state index contributed by atoms with van der Waals surface area (Å²) >= 11 is 0. The van der Waals surface area contributed by atoms with Crippen molar-refractivity contribution in [2.24, 2.45) is 11.3 Å². The molecule has 1 aromatic carbocycles. The Balaban J connectivity index is 1.45. The minimum absolute atomic E-state index is 0.617. The van der Waals surface area contributed by atoms with E-state index in [1.807, 2.05) is 30.3 Å². The zero-order valence-electron chi connectivity index (χ0n) is 11.7. The van der Waals surface area contributed by atoms with Crippen LogP contribution in [0.25, 0.3) is 11.5 Å². The number of piperidine rings is 1. The third-order valence-electron chi connectivity index (χ3n) is 4.93. The van der Waals surface area contributed by atoms with E-state index in [-0.39, 0.29) is 0 Å². The Hall–Kier alpha value is -1.68. The molecule has 0 bridgehead atoms. The first-order valence-corrected chi connectivity index (χ1v) is 7.39. The van der Waals surface area contributed by atoms with E-state index >= 15 is 0 Å². The minimum Gasteiger partial charge on any atom is -0.334 e. The fourth-order valence-corrected chi connectivity index (χ4v) is 3.59. The van der Waals surface area contributed by atoms with Gasteiger partial charge in [-0.25, -0.2) is 0 Å². The van der Waals surface area contributed by atoms with Crippen LogP contribution in [0.5, 0.6) is 0 Å². The Kier molecular flexibility index (Phi) is 2.67. The zero-order chi connectivity index (χ0) is 13.6. The van der Waals surface area contributed by atoms with Gasteiger partial charge in [-0.05, 0) is 36.3 Å². The van der Waals surface area contributed by atoms with Gasteiger partial charge in [-0.2, -0.15) is 4.98 Å². The number of nitrogens with zero attached hydrogens (tertiary/aromatic N) is 3. The van der Waals surface area contributed by atoms with Crippen molar-refractivity contribution in [1.29, 1.82) is 0 Å². The van der Waals surface area contributed by atoms with E-state index < -0.39 is 0 Å². The van der Waals surface area contributed by atoms with E-state index in [9.17, 15) is 0 Å². The molecule has 2 fully saturated rings. The molecule has 1 aliphatic heterocycles. The van der Waals surface area contributed by atoms with Crippen molar-refractivity contribution < 1.29 is 4.52 Å². The van der Waals surface area contributed by atoms with Gasteiger partial charge < -0.3 is 4.52 Å². The summed E-state index contributed by atoms with van der Waals surface area (Å²) in [6.45, 7) is 5.52. The third-order valence-corrected chi connectivity index (χ3v) is 4.93. The molecule has 2 unspecified atom stereocenters. The van der Waals surface area contributed by atoms with Gasteiger partial charge in [-0.3, -0.25) is 4.90 Å². The van der Waals surface area contributed by atoms with Crippen molar-refractivity contribution >= 4 is 0 Å². The summed E-state index contributed by atoms with van der Waals surface area (Å²) < 4.78 is 5.36. The third kappa shape index (κ3) is 1.95. The van der Waals surface area contributed by atoms with Crippen LogP contribution in [0.3, 0.4) is 0 Å². The quantitative estimate of drug-likeness (QED) is 0.855. The Morgan fingerprint density at radius 3 is 2.95 bits per heavy atom. The van der Waals surface area contributed by atoms with Crippen LogP contribution < -0.4 is 0 Å². The molecule has 4 heteroatoms. The first-order valence-electron chi connectivity index (χ1n) is 7.39. The van der Waals surface area contributed by atoms with Gasteiger partial charge in [-0.15, -0.1) is 0 Å². The first-order chi connectivity index (χ1) is 9.79. The zero-order valence-corrected chi connectivity index (χ0v) is 11.7. The van der Waals surface area contributed by atoms with Crippen molar-refractivity contribution in [1.82, 2.24) is 15.0 Å². The molecule has 0 spiro atoms. The van der Waals surface area contributed by atoms with Gasteiger partial charge in [0.1, 0.15) is 0 Å². The lowest BCUT2D eigenvalue weighted by Crippen LogP contribution is -2.25. The molecule has 1 saturated heterocycles. The molecule has 1 aromatic heterocycles. The summed E-state index contributed by atoms with van der Waals surface area (Å²) in [7, 11) is 0. The molecule has 2 aliphatic rings. The SMILES string of the molecule is CCC12CC1CN(Cc1noc(-c3ccccc3)n1)C2. The van der Waals surface area contributed by atoms with Crippen LogP contribution in [0.2, 0.25) is 0 Å². The average molecular weight is 269 g/mol. The fraction of sp³-hybridized carbons (Fsp3) is 0.500. The fourth-order valence-electron chi connectivity index (χ4n) is 3.59. The second kappa shape index (κ2) is 4.42. The lowest BCUT2D eigenvalue weighted by atomic mass is 10.0. The Bertz CT molecular complexity index is 605. The van der Waals surface area contributed by atoms with Crippen LogP contribution in [-0.4, -0.2) is 28.1 Å². The van der Waals surface area contributed by atoms with Crippen LogP contribution in [-0.2, 0) is 6.54 Å². The van der Waals surface area contributed by atoms with E-state index in [4.69, 9.17) is 4.52 Å². The molecule has 0 radical (unpaired) electrons. The molecular weight excluding hydrogens is 250 g/mol. The van der Waals surface area contributed by atoms with E-state index in [1.54, 1.807) is 0 Å². The largest absolute Gasteiger partial charge is 0.334 e. The van der Waals surface area contributed by atoms with Gasteiger partial charge in [-0.1, -0.05) is 30.3 Å². The van der Waals surface area contributed by atoms with E-state index in [0.717, 1.165) is 23.9 Å². The lowest BCUT2D eigenvalue weighted by molar-refractivity contribution is 0.259. The molecule has 4 rings (SSSR count). The highest BCUT2D eigenvalue weighted by Crippen LogP contribution is 2.59. The number of rotatable bonds is 4. The maximum Gasteiger partial charge on any atom is 0.257 e. The molecule has 104 valence electrons. The molecule has 2 heterocycles. The van der Waals surface area contributed by atoms with E-state index in [1.165, 1.54) is 25.9 Å². The molecule has 0 amide bonds. The number of hydrogen-bond donors (Lipinski definition) is 0. The summed E-state index contributed by atoms with van der Waals surface area (Å²) in [5, 5.41) is 4.12. The molecule has 1 aliphatic carbocycles. The molecule has 0 N–H and O–H groups in total. The van der Waals surface area contributed by atoms with Gasteiger partial charge in [0.2, 0.25) is 0 Å². The predicted molar refractivity (Wildman–Crippen MR) is 75.8 cm³/mol. The van der Waals surface area contributed by atoms with Gasteiger partial charge in [0.25, 0.3) is 5.89 Å². The summed E-state index contributed by atoms with van der Waals surface area (Å²) in [5.41, 5.74) is 1.60. The summed E-state index contributed by atoms with van der Waals surface area (Å²) in [4.78, 5) is 6.98. The van der Waals surface area contributed by atoms with Gasteiger partial charge in [0.15, 0.2) is 5.82 Å². The molecule has 2 aromatic rings. The van der Waals surface area contributed by atoms with Crippen molar-refractivity contribution in [3.8, 4) is 11.5 Å². The van der Waals surface area contributed by atoms with Crippen molar-refractivity contribution in [3.63, 3.8) is 0 Å². The summed E-state index contributed by atoms with van der Waals surface area (Å²) in [5.74, 6) is 2.33. The Labute approximate surface area is 118 Å². The second-order valence-corrected chi connectivity index (χ2v) is 6.17. The molecule has 2 atom stereocenters. The Morgan fingerprint density at radius 1 is 1.35 bits per heavy atom. The van der Waals surface area contributed by atoms with Gasteiger partial charge in [0, 0.05) is 18.7 Å². The van der Waals surface area contributed by atoms with Crippen LogP contribution in [0.15, 0.2) is 34.9 Å². The first kappa shape index (κ1) is 12.1. The summed E-state index contributed by atoms with van der Waals surface area (Å²) in [6, 6.07) is 9.95. The Morgan fingerprint density at radius 2 is 2.20 bits per heavy atom. The van der Waals surface area contributed by atoms with Gasteiger partial charge in [0.05, 0.1) is 6.54 Å². The lowest BCUT2D eigenvalue weighted by Gasteiger charge is -2.17. The topological polar surface area (TPSA) is 42.2 Å². The molecule has 20 heavy (non-hydrogen) atoms. The molecule has 1 saturated carbocycles. The number of aromatic nitrogens is 2. The minimum atomic E-state index is 0.617. The number of hydrogen-bond acceptors (Lipinski definition) is 4. The number of likely N-dealkylation sites (tertiary alicyclic amines) is 1. The molecular formula is C16H19N3O. The highest BCUT2D eigenvalue weighted by molar-refractivity contribution is 5.51. The molecule has 4 nitrogen and oxygen atoms in total. The highest BCUT2D eigenvalue weighted by Gasteiger charge is 2.58. The number of benzene rings is 1. The average Bonchev–Trinajstić information content (AvgIpc) is 2.86. The predicted octanol–water partition coefficient (Wildman–Crippen LogP) is 2.97. The smallest absolute Gasteiger partial charge is 0.257 e. The second-order valence-electron chi connectivity index (χ2n) is 6.17. The monoisotopic (exact) mass is 269 g/mol. The maximum absolute atomic E-state index is 5.36. The summed E-state index contributed by atoms with van der Waals surface area (Å²) in [6.07, 6.45) is 2.72.